The molecule has 0 amide bonds. The van der Waals surface area contributed by atoms with Crippen LogP contribution in [-0.2, 0) is 14.9 Å². The van der Waals surface area contributed by atoms with Gasteiger partial charge in [-0.3, -0.25) is 4.79 Å². The molecule has 1 saturated heterocycles. The first-order chi connectivity index (χ1) is 11.2. The fourth-order valence-corrected chi connectivity index (χ4v) is 5.55. The van der Waals surface area contributed by atoms with Crippen molar-refractivity contribution in [2.45, 2.75) is 70.8 Å². The molecule has 2 heterocycles. The van der Waals surface area contributed by atoms with Crippen LogP contribution < -0.4 is 0 Å². The van der Waals surface area contributed by atoms with Crippen molar-refractivity contribution >= 4 is 5.97 Å². The number of fused-ring (bicyclic) bond motifs is 1. The van der Waals surface area contributed by atoms with Crippen molar-refractivity contribution in [2.75, 3.05) is 0 Å². The van der Waals surface area contributed by atoms with Crippen molar-refractivity contribution in [2.24, 2.45) is 11.3 Å². The fraction of sp³-hybridized carbons (Fsp3) is 0.650. The van der Waals surface area contributed by atoms with Gasteiger partial charge in [0.2, 0.25) is 0 Å². The molecule has 2 N–H and O–H groups in total. The van der Waals surface area contributed by atoms with E-state index in [1.807, 2.05) is 19.9 Å². The maximum atomic E-state index is 12.9. The van der Waals surface area contributed by atoms with Gasteiger partial charge in [-0.1, -0.05) is 34.1 Å². The predicted octanol–water partition coefficient (Wildman–Crippen LogP) is 4.29. The van der Waals surface area contributed by atoms with Crippen LogP contribution in [0, 0.1) is 11.3 Å². The molecule has 1 aromatic carbocycles. The highest BCUT2D eigenvalue weighted by Gasteiger charge is 2.65. The first-order valence-electron chi connectivity index (χ1n) is 9.00. The van der Waals surface area contributed by atoms with Crippen LogP contribution >= 0.6 is 0 Å². The zero-order chi connectivity index (χ0) is 17.4. The molecule has 0 aromatic heterocycles. The van der Waals surface area contributed by atoms with Gasteiger partial charge in [0.25, 0.3) is 0 Å². The monoisotopic (exact) mass is 330 g/mol. The van der Waals surface area contributed by atoms with Crippen LogP contribution in [0.5, 0.6) is 11.5 Å². The van der Waals surface area contributed by atoms with Gasteiger partial charge in [-0.2, -0.15) is 0 Å². The normalized spacial score (nSPS) is 33.1. The molecule has 0 radical (unpaired) electrons. The van der Waals surface area contributed by atoms with E-state index in [0.717, 1.165) is 30.4 Å². The first-order valence-corrected chi connectivity index (χ1v) is 9.00. The van der Waals surface area contributed by atoms with Crippen molar-refractivity contribution in [3.8, 4) is 11.5 Å². The third-order valence-corrected chi connectivity index (χ3v) is 6.74. The minimum Gasteiger partial charge on any atom is -0.504 e. The molecule has 4 aliphatic rings. The standard InChI is InChI=1S/C20H26O4/c1-10(2)11-8-12-13-9-14-19(3,4)6-5-7-20(14,18(23)24-13)15(12)17(22)16(11)21/h8,10,13-14,21-22H,5-7,9H2,1-4H3/t13-,14+,20-/m0/s1. The molecule has 130 valence electrons. The Labute approximate surface area is 142 Å². The minimum atomic E-state index is -0.803. The largest absolute Gasteiger partial charge is 0.504 e. The Bertz CT molecular complexity index is 734. The number of rotatable bonds is 1. The van der Waals surface area contributed by atoms with Crippen LogP contribution in [-0.4, -0.2) is 16.2 Å². The van der Waals surface area contributed by atoms with E-state index < -0.39 is 5.41 Å². The highest BCUT2D eigenvalue weighted by Crippen LogP contribution is 2.66. The number of benzene rings is 1. The average molecular weight is 330 g/mol. The van der Waals surface area contributed by atoms with E-state index in [0.29, 0.717) is 12.0 Å². The Morgan fingerprint density at radius 3 is 2.58 bits per heavy atom. The smallest absolute Gasteiger partial charge is 0.317 e. The third kappa shape index (κ3) is 1.72. The lowest BCUT2D eigenvalue weighted by atomic mass is 9.47. The Morgan fingerprint density at radius 1 is 1.21 bits per heavy atom. The van der Waals surface area contributed by atoms with Crippen LogP contribution in [0.15, 0.2) is 6.07 Å². The lowest BCUT2D eigenvalue weighted by Gasteiger charge is -2.58. The number of carbonyl (C=O) groups excluding carboxylic acids is 1. The van der Waals surface area contributed by atoms with E-state index >= 15 is 0 Å². The lowest BCUT2D eigenvalue weighted by molar-refractivity contribution is -0.185. The molecule has 1 saturated carbocycles. The van der Waals surface area contributed by atoms with Gasteiger partial charge in [-0.15, -0.1) is 0 Å². The SMILES string of the molecule is CC(C)c1cc2c(c(O)c1O)[C@]13CCCC(C)(C)[C@H]1C[C@@H]2OC3=O. The van der Waals surface area contributed by atoms with Crippen LogP contribution in [0.3, 0.4) is 0 Å². The summed E-state index contributed by atoms with van der Waals surface area (Å²) in [5, 5.41) is 21.4. The second-order valence-electron chi connectivity index (χ2n) is 8.78. The van der Waals surface area contributed by atoms with Gasteiger partial charge in [0, 0.05) is 16.7 Å². The van der Waals surface area contributed by atoms with Crippen molar-refractivity contribution in [3.05, 3.63) is 22.8 Å². The van der Waals surface area contributed by atoms with Crippen molar-refractivity contribution in [1.29, 1.82) is 0 Å². The van der Waals surface area contributed by atoms with Gasteiger partial charge in [0.05, 0.1) is 0 Å². The van der Waals surface area contributed by atoms with Crippen LogP contribution in [0.1, 0.15) is 82.1 Å². The van der Waals surface area contributed by atoms with Crippen LogP contribution in [0.4, 0.5) is 0 Å². The number of carbonyl (C=O) groups is 1. The molecule has 1 spiro atoms. The summed E-state index contributed by atoms with van der Waals surface area (Å²) in [5.41, 5.74) is 1.49. The Balaban J connectivity index is 2.02. The molecule has 3 atom stereocenters. The van der Waals surface area contributed by atoms with E-state index in [1.54, 1.807) is 0 Å². The molecule has 4 heteroatoms. The van der Waals surface area contributed by atoms with E-state index in [9.17, 15) is 15.0 Å². The van der Waals surface area contributed by atoms with Gasteiger partial charge in [0.15, 0.2) is 11.5 Å². The number of aromatic hydroxyl groups is 2. The number of hydrogen-bond acceptors (Lipinski definition) is 4. The Kier molecular flexibility index (Phi) is 3.08. The molecule has 0 unspecified atom stereocenters. The van der Waals surface area contributed by atoms with E-state index in [1.165, 1.54) is 0 Å². The maximum Gasteiger partial charge on any atom is 0.317 e. The number of phenolic OH excluding ortho intramolecular Hbond substituents is 2. The number of ether oxygens (including phenoxy) is 1. The first kappa shape index (κ1) is 15.8. The minimum absolute atomic E-state index is 0.0202. The highest BCUT2D eigenvalue weighted by molar-refractivity contribution is 5.89. The summed E-state index contributed by atoms with van der Waals surface area (Å²) in [7, 11) is 0. The van der Waals surface area contributed by atoms with Crippen LogP contribution in [0.25, 0.3) is 0 Å². The lowest BCUT2D eigenvalue weighted by Crippen LogP contribution is -2.59. The molecule has 5 rings (SSSR count). The van der Waals surface area contributed by atoms with E-state index in [-0.39, 0.29) is 40.8 Å². The molecule has 2 bridgehead atoms. The maximum absolute atomic E-state index is 12.9. The van der Waals surface area contributed by atoms with Crippen molar-refractivity contribution in [3.63, 3.8) is 0 Å². The predicted molar refractivity (Wildman–Crippen MR) is 90.1 cm³/mol. The van der Waals surface area contributed by atoms with E-state index in [4.69, 9.17) is 4.74 Å². The second kappa shape index (κ2) is 4.68. The summed E-state index contributed by atoms with van der Waals surface area (Å²) in [4.78, 5) is 12.9. The van der Waals surface area contributed by atoms with Gasteiger partial charge in [0.1, 0.15) is 11.5 Å². The summed E-state index contributed by atoms with van der Waals surface area (Å²) in [6, 6.07) is 1.95. The van der Waals surface area contributed by atoms with E-state index in [2.05, 4.69) is 13.8 Å². The topological polar surface area (TPSA) is 66.8 Å². The third-order valence-electron chi connectivity index (χ3n) is 6.74. The van der Waals surface area contributed by atoms with Gasteiger partial charge >= 0.3 is 5.97 Å². The molecule has 2 aliphatic heterocycles. The molecule has 2 aliphatic carbocycles. The van der Waals surface area contributed by atoms with Gasteiger partial charge < -0.3 is 14.9 Å². The fourth-order valence-electron chi connectivity index (χ4n) is 5.55. The molecule has 4 nitrogen and oxygen atoms in total. The highest BCUT2D eigenvalue weighted by atomic mass is 16.5. The quantitative estimate of drug-likeness (QED) is 0.595. The Hall–Kier alpha value is -1.71. The second-order valence-corrected chi connectivity index (χ2v) is 8.78. The number of hydrogen-bond donors (Lipinski definition) is 2. The van der Waals surface area contributed by atoms with Gasteiger partial charge in [-0.05, 0) is 42.6 Å². The van der Waals surface area contributed by atoms with Crippen molar-refractivity contribution in [1.82, 2.24) is 0 Å². The number of phenols is 2. The van der Waals surface area contributed by atoms with Crippen LogP contribution in [0.2, 0.25) is 0 Å². The summed E-state index contributed by atoms with van der Waals surface area (Å²) < 4.78 is 5.76. The summed E-state index contributed by atoms with van der Waals surface area (Å²) in [5.74, 6) is -0.141. The zero-order valence-corrected chi connectivity index (χ0v) is 14.8. The summed E-state index contributed by atoms with van der Waals surface area (Å²) in [6.45, 7) is 8.40. The van der Waals surface area contributed by atoms with Crippen molar-refractivity contribution < 1.29 is 19.7 Å². The molecular formula is C20H26O4. The molecular weight excluding hydrogens is 304 g/mol. The summed E-state index contributed by atoms with van der Waals surface area (Å²) >= 11 is 0. The Morgan fingerprint density at radius 2 is 1.92 bits per heavy atom. The summed E-state index contributed by atoms with van der Waals surface area (Å²) in [6.07, 6.45) is 3.20. The molecule has 24 heavy (non-hydrogen) atoms. The average Bonchev–Trinajstić information content (AvgIpc) is 2.50. The molecule has 2 fully saturated rings. The van der Waals surface area contributed by atoms with Gasteiger partial charge in [-0.25, -0.2) is 0 Å². The number of esters is 1. The molecule has 1 aromatic rings. The zero-order valence-electron chi connectivity index (χ0n) is 14.8.